The summed E-state index contributed by atoms with van der Waals surface area (Å²) in [6.45, 7) is 2.70. The van der Waals surface area contributed by atoms with Crippen molar-refractivity contribution in [1.29, 1.82) is 0 Å². The van der Waals surface area contributed by atoms with Gasteiger partial charge in [-0.05, 0) is 37.3 Å². The highest BCUT2D eigenvalue weighted by Crippen LogP contribution is 2.22. The van der Waals surface area contributed by atoms with Gasteiger partial charge in [0.15, 0.2) is 0 Å². The Balaban J connectivity index is 2.23. The summed E-state index contributed by atoms with van der Waals surface area (Å²) in [7, 11) is 1.29. The molecule has 4 N–H and O–H groups in total. The Kier molecular flexibility index (Phi) is 5.19. The summed E-state index contributed by atoms with van der Waals surface area (Å²) in [4.78, 5) is 24.1. The Morgan fingerprint density at radius 1 is 1.13 bits per heavy atom. The first-order valence-corrected chi connectivity index (χ1v) is 7.19. The van der Waals surface area contributed by atoms with Crippen LogP contribution in [0.4, 0.5) is 17.1 Å². The van der Waals surface area contributed by atoms with Crippen LogP contribution in [0.25, 0.3) is 0 Å². The van der Waals surface area contributed by atoms with E-state index in [1.165, 1.54) is 7.11 Å². The second-order valence-corrected chi connectivity index (χ2v) is 4.82. The lowest BCUT2D eigenvalue weighted by atomic mass is 10.1. The van der Waals surface area contributed by atoms with Crippen molar-refractivity contribution in [3.05, 3.63) is 53.6 Å². The molecule has 0 aliphatic carbocycles. The van der Waals surface area contributed by atoms with Gasteiger partial charge in [0.2, 0.25) is 0 Å². The molecule has 0 saturated carbocycles. The molecule has 0 radical (unpaired) electrons. The molecule has 2 aromatic carbocycles. The smallest absolute Gasteiger partial charge is 0.339 e. The van der Waals surface area contributed by atoms with Crippen molar-refractivity contribution < 1.29 is 14.3 Å². The van der Waals surface area contributed by atoms with E-state index in [2.05, 4.69) is 10.6 Å². The number of hydrogen-bond acceptors (Lipinski definition) is 5. The van der Waals surface area contributed by atoms with Crippen LogP contribution < -0.4 is 16.4 Å². The van der Waals surface area contributed by atoms with Crippen LogP contribution in [0.1, 0.15) is 27.6 Å². The van der Waals surface area contributed by atoms with Crippen LogP contribution in [0.15, 0.2) is 42.5 Å². The molecule has 0 heterocycles. The third-order valence-electron chi connectivity index (χ3n) is 3.26. The van der Waals surface area contributed by atoms with Gasteiger partial charge in [-0.1, -0.05) is 12.1 Å². The van der Waals surface area contributed by atoms with E-state index in [1.807, 2.05) is 6.92 Å². The van der Waals surface area contributed by atoms with Crippen LogP contribution in [0.2, 0.25) is 0 Å². The number of nitrogens with two attached hydrogens (primary N) is 1. The Bertz CT molecular complexity index is 729. The molecule has 0 atom stereocenters. The number of rotatable bonds is 5. The van der Waals surface area contributed by atoms with E-state index in [0.29, 0.717) is 22.5 Å². The number of hydrogen-bond donors (Lipinski definition) is 3. The Labute approximate surface area is 134 Å². The summed E-state index contributed by atoms with van der Waals surface area (Å²) in [6, 6.07) is 11.7. The highest BCUT2D eigenvalue weighted by molar-refractivity contribution is 6.08. The topological polar surface area (TPSA) is 93.5 Å². The summed E-state index contributed by atoms with van der Waals surface area (Å²) in [6.07, 6.45) is 0. The quantitative estimate of drug-likeness (QED) is 0.583. The predicted octanol–water partition coefficient (Wildman–Crippen LogP) is 2.74. The SMILES string of the molecule is CCNc1ccc(C(=O)Nc2ccccc2C(=O)OC)cc1N. The molecule has 0 saturated heterocycles. The first-order valence-electron chi connectivity index (χ1n) is 7.19. The third kappa shape index (κ3) is 3.79. The van der Waals surface area contributed by atoms with Crippen molar-refractivity contribution >= 4 is 28.9 Å². The van der Waals surface area contributed by atoms with Crippen molar-refractivity contribution in [2.24, 2.45) is 0 Å². The molecule has 120 valence electrons. The number of amides is 1. The predicted molar refractivity (Wildman–Crippen MR) is 90.8 cm³/mol. The summed E-state index contributed by atoms with van der Waals surface area (Å²) >= 11 is 0. The molecule has 1 amide bonds. The number of nitrogen functional groups attached to an aromatic ring is 1. The number of anilines is 3. The first kappa shape index (κ1) is 16.4. The van der Waals surface area contributed by atoms with Crippen molar-refractivity contribution in [3.8, 4) is 0 Å². The largest absolute Gasteiger partial charge is 0.465 e. The normalized spacial score (nSPS) is 10.0. The highest BCUT2D eigenvalue weighted by atomic mass is 16.5. The number of esters is 1. The second-order valence-electron chi connectivity index (χ2n) is 4.82. The number of ether oxygens (including phenoxy) is 1. The Morgan fingerprint density at radius 2 is 1.87 bits per heavy atom. The zero-order chi connectivity index (χ0) is 16.8. The average Bonchev–Trinajstić information content (AvgIpc) is 2.56. The molecule has 6 nitrogen and oxygen atoms in total. The van der Waals surface area contributed by atoms with Gasteiger partial charge in [-0.3, -0.25) is 4.79 Å². The summed E-state index contributed by atoms with van der Waals surface area (Å²) in [5.41, 5.74) is 8.27. The van der Waals surface area contributed by atoms with Crippen molar-refractivity contribution in [2.75, 3.05) is 30.0 Å². The molecule has 6 heteroatoms. The van der Waals surface area contributed by atoms with Gasteiger partial charge >= 0.3 is 5.97 Å². The minimum atomic E-state index is -0.511. The fourth-order valence-electron chi connectivity index (χ4n) is 2.13. The molecule has 23 heavy (non-hydrogen) atoms. The summed E-state index contributed by atoms with van der Waals surface area (Å²) in [5.74, 6) is -0.862. The molecular formula is C17H19N3O3. The number of nitrogens with one attached hydrogen (secondary N) is 2. The zero-order valence-electron chi connectivity index (χ0n) is 13.1. The van der Waals surface area contributed by atoms with Crippen LogP contribution in [0, 0.1) is 0 Å². The first-order chi connectivity index (χ1) is 11.1. The Hall–Kier alpha value is -3.02. The summed E-state index contributed by atoms with van der Waals surface area (Å²) < 4.78 is 4.71. The lowest BCUT2D eigenvalue weighted by molar-refractivity contribution is 0.0602. The molecule has 0 spiro atoms. The fourth-order valence-corrected chi connectivity index (χ4v) is 2.13. The van der Waals surface area contributed by atoms with Crippen molar-refractivity contribution in [2.45, 2.75) is 6.92 Å². The van der Waals surface area contributed by atoms with E-state index in [0.717, 1.165) is 12.2 Å². The molecule has 0 bridgehead atoms. The minimum absolute atomic E-state index is 0.292. The molecule has 0 aliphatic rings. The third-order valence-corrected chi connectivity index (χ3v) is 3.26. The average molecular weight is 313 g/mol. The number of methoxy groups -OCH3 is 1. The molecule has 2 aromatic rings. The lowest BCUT2D eigenvalue weighted by Crippen LogP contribution is -2.16. The summed E-state index contributed by atoms with van der Waals surface area (Å²) in [5, 5.41) is 5.81. The van der Waals surface area contributed by atoms with E-state index in [9.17, 15) is 9.59 Å². The Morgan fingerprint density at radius 3 is 2.52 bits per heavy atom. The van der Waals surface area contributed by atoms with E-state index in [4.69, 9.17) is 10.5 Å². The van der Waals surface area contributed by atoms with Gasteiger partial charge < -0.3 is 21.1 Å². The molecule has 2 rings (SSSR count). The lowest BCUT2D eigenvalue weighted by Gasteiger charge is -2.11. The fraction of sp³-hybridized carbons (Fsp3) is 0.176. The van der Waals surface area contributed by atoms with Crippen LogP contribution >= 0.6 is 0 Å². The second kappa shape index (κ2) is 7.31. The van der Waals surface area contributed by atoms with Gasteiger partial charge in [0.1, 0.15) is 0 Å². The molecule has 0 aromatic heterocycles. The monoisotopic (exact) mass is 313 g/mol. The maximum absolute atomic E-state index is 12.4. The van der Waals surface area contributed by atoms with Crippen molar-refractivity contribution in [3.63, 3.8) is 0 Å². The maximum Gasteiger partial charge on any atom is 0.339 e. The van der Waals surface area contributed by atoms with Crippen LogP contribution in [0.3, 0.4) is 0 Å². The van der Waals surface area contributed by atoms with E-state index in [1.54, 1.807) is 42.5 Å². The van der Waals surface area contributed by atoms with Crippen LogP contribution in [-0.2, 0) is 4.74 Å². The molecule has 0 aliphatic heterocycles. The number of para-hydroxylation sites is 1. The highest BCUT2D eigenvalue weighted by Gasteiger charge is 2.14. The van der Waals surface area contributed by atoms with E-state index < -0.39 is 5.97 Å². The molecular weight excluding hydrogens is 294 g/mol. The van der Waals surface area contributed by atoms with Gasteiger partial charge in [0.05, 0.1) is 29.7 Å². The van der Waals surface area contributed by atoms with Crippen LogP contribution in [-0.4, -0.2) is 25.5 Å². The van der Waals surface area contributed by atoms with Gasteiger partial charge in [0, 0.05) is 12.1 Å². The molecule has 0 fully saturated rings. The standard InChI is InChI=1S/C17H19N3O3/c1-3-19-15-9-8-11(10-13(15)18)16(21)20-14-7-5-4-6-12(14)17(22)23-2/h4-10,19H,3,18H2,1-2H3,(H,20,21). The molecule has 0 unspecified atom stereocenters. The van der Waals surface area contributed by atoms with Crippen LogP contribution in [0.5, 0.6) is 0 Å². The van der Waals surface area contributed by atoms with Gasteiger partial charge in [-0.2, -0.15) is 0 Å². The van der Waals surface area contributed by atoms with Gasteiger partial charge in [0.25, 0.3) is 5.91 Å². The van der Waals surface area contributed by atoms with Gasteiger partial charge in [-0.15, -0.1) is 0 Å². The van der Waals surface area contributed by atoms with Gasteiger partial charge in [-0.25, -0.2) is 4.79 Å². The minimum Gasteiger partial charge on any atom is -0.465 e. The number of carbonyl (C=O) groups excluding carboxylic acids is 2. The number of carbonyl (C=O) groups is 2. The number of benzene rings is 2. The maximum atomic E-state index is 12.4. The van der Waals surface area contributed by atoms with E-state index >= 15 is 0 Å². The van der Waals surface area contributed by atoms with E-state index in [-0.39, 0.29) is 5.91 Å². The zero-order valence-corrected chi connectivity index (χ0v) is 13.1. The van der Waals surface area contributed by atoms with Crippen molar-refractivity contribution in [1.82, 2.24) is 0 Å².